The summed E-state index contributed by atoms with van der Waals surface area (Å²) < 4.78 is 38.7. The van der Waals surface area contributed by atoms with Gasteiger partial charge in [-0.2, -0.15) is 0 Å². The van der Waals surface area contributed by atoms with Crippen LogP contribution in [0.25, 0.3) is 0 Å². The van der Waals surface area contributed by atoms with E-state index in [1.54, 1.807) is 11.4 Å². The van der Waals surface area contributed by atoms with Crippen molar-refractivity contribution < 1.29 is 52.7 Å². The van der Waals surface area contributed by atoms with E-state index in [1.165, 1.54) is 0 Å². The standard InChI is InChI=1S/C13H28AsO11P/c1-14(2,20)3-10-11(18)12(19)13(25-10)23-5-9(17)7-26(21,22)24-6-8(16)4-15/h8-13,15-19H,3-7H2,1-2H3,(H,21,22)/t8-,9+,10-,11-,12-,13-/m1/s1. The molecule has 0 aromatic carbocycles. The molecule has 1 rings (SSSR count). The van der Waals surface area contributed by atoms with Crippen molar-refractivity contribution in [1.82, 2.24) is 0 Å². The van der Waals surface area contributed by atoms with Crippen molar-refractivity contribution in [2.45, 2.75) is 53.4 Å². The van der Waals surface area contributed by atoms with Crippen LogP contribution in [0.15, 0.2) is 0 Å². The van der Waals surface area contributed by atoms with Crippen molar-refractivity contribution in [3.05, 3.63) is 0 Å². The molecule has 1 aliphatic heterocycles. The van der Waals surface area contributed by atoms with Gasteiger partial charge in [0.2, 0.25) is 0 Å². The molecule has 7 atom stereocenters. The first-order valence-corrected chi connectivity index (χ1v) is 15.6. The van der Waals surface area contributed by atoms with Gasteiger partial charge in [-0.25, -0.2) is 0 Å². The van der Waals surface area contributed by atoms with Gasteiger partial charge >= 0.3 is 136 Å². The number of rotatable bonds is 11. The fourth-order valence-corrected chi connectivity index (χ4v) is 5.87. The third-order valence-electron chi connectivity index (χ3n) is 3.51. The third kappa shape index (κ3) is 8.50. The van der Waals surface area contributed by atoms with Gasteiger partial charge in [-0.3, -0.25) is 0 Å². The summed E-state index contributed by atoms with van der Waals surface area (Å²) >= 11 is -3.13. The van der Waals surface area contributed by atoms with Crippen LogP contribution in [0.3, 0.4) is 0 Å². The molecule has 0 radical (unpaired) electrons. The normalized spacial score (nSPS) is 31.5. The molecule has 1 fully saturated rings. The van der Waals surface area contributed by atoms with Crippen molar-refractivity contribution in [3.8, 4) is 0 Å². The monoisotopic (exact) mass is 466 g/mol. The Kier molecular flexibility index (Phi) is 9.46. The summed E-state index contributed by atoms with van der Waals surface area (Å²) in [6.45, 7) is -1.71. The molecule has 1 heterocycles. The Balaban J connectivity index is 2.45. The number of hydrogen-bond donors (Lipinski definition) is 6. The molecule has 0 spiro atoms. The average Bonchev–Trinajstić information content (AvgIpc) is 2.76. The zero-order valence-corrected chi connectivity index (χ0v) is 17.4. The zero-order valence-electron chi connectivity index (χ0n) is 14.6. The van der Waals surface area contributed by atoms with Gasteiger partial charge in [0.25, 0.3) is 0 Å². The second kappa shape index (κ2) is 10.1. The van der Waals surface area contributed by atoms with Gasteiger partial charge in [0.1, 0.15) is 0 Å². The van der Waals surface area contributed by atoms with E-state index in [4.69, 9.17) is 19.7 Å². The molecule has 11 nitrogen and oxygen atoms in total. The fraction of sp³-hybridized carbons (Fsp3) is 1.00. The van der Waals surface area contributed by atoms with E-state index in [9.17, 15) is 28.5 Å². The second-order valence-corrected chi connectivity index (χ2v) is 16.0. The maximum absolute atomic E-state index is 11.9. The van der Waals surface area contributed by atoms with Crippen LogP contribution in [0.4, 0.5) is 0 Å². The van der Waals surface area contributed by atoms with Crippen LogP contribution in [0, 0.1) is 0 Å². The van der Waals surface area contributed by atoms with Gasteiger partial charge in [-0.1, -0.05) is 0 Å². The molecule has 0 aromatic heterocycles. The summed E-state index contributed by atoms with van der Waals surface area (Å²) in [5, 5.41) is 47.4. The van der Waals surface area contributed by atoms with Crippen molar-refractivity contribution in [2.24, 2.45) is 0 Å². The van der Waals surface area contributed by atoms with Crippen LogP contribution >= 0.6 is 7.60 Å². The Morgan fingerprint density at radius 1 is 1.15 bits per heavy atom. The topological polar surface area (TPSA) is 183 Å². The molecular weight excluding hydrogens is 438 g/mol. The number of ether oxygens (including phenoxy) is 2. The molecule has 1 aliphatic rings. The van der Waals surface area contributed by atoms with Gasteiger partial charge in [-0.15, -0.1) is 0 Å². The first-order chi connectivity index (χ1) is 11.8. The van der Waals surface area contributed by atoms with Crippen LogP contribution in [-0.4, -0.2) is 107 Å². The van der Waals surface area contributed by atoms with E-state index in [0.717, 1.165) is 0 Å². The predicted molar refractivity (Wildman–Crippen MR) is 89.3 cm³/mol. The Hall–Kier alpha value is 0.228. The molecule has 13 heteroatoms. The third-order valence-corrected chi connectivity index (χ3v) is 7.55. The van der Waals surface area contributed by atoms with Gasteiger partial charge in [0.15, 0.2) is 0 Å². The van der Waals surface area contributed by atoms with Gasteiger partial charge in [-0.05, 0) is 0 Å². The first kappa shape index (κ1) is 24.3. The van der Waals surface area contributed by atoms with E-state index in [2.05, 4.69) is 4.52 Å². The molecule has 1 saturated heterocycles. The SMILES string of the molecule is C[As](C)(=O)C[C@H]1O[C@@H](OC[C@H](O)CP(=O)(O)OC[C@H](O)CO)[C@H](O)[C@@H]1O. The molecule has 0 aromatic rings. The number of hydrogen-bond acceptors (Lipinski definition) is 10. The van der Waals surface area contributed by atoms with E-state index >= 15 is 0 Å². The van der Waals surface area contributed by atoms with Gasteiger partial charge in [0.05, 0.1) is 6.61 Å². The van der Waals surface area contributed by atoms with E-state index < -0.39 is 83.9 Å². The average molecular weight is 466 g/mol. The Bertz CT molecular complexity index is 526. The number of aliphatic hydroxyl groups excluding tert-OH is 5. The predicted octanol–water partition coefficient (Wildman–Crippen LogP) is -2.00. The Morgan fingerprint density at radius 3 is 2.31 bits per heavy atom. The van der Waals surface area contributed by atoms with Crippen LogP contribution in [0.5, 0.6) is 0 Å². The van der Waals surface area contributed by atoms with Crippen LogP contribution in [0.2, 0.25) is 16.6 Å². The summed E-state index contributed by atoms with van der Waals surface area (Å²) in [5.41, 5.74) is 3.15. The van der Waals surface area contributed by atoms with E-state index in [1.807, 2.05) is 0 Å². The van der Waals surface area contributed by atoms with Crippen molar-refractivity contribution >= 4 is 21.1 Å². The van der Waals surface area contributed by atoms with Crippen molar-refractivity contribution in [3.63, 3.8) is 0 Å². The minimum atomic E-state index is -4.23. The van der Waals surface area contributed by atoms with Gasteiger partial charge in [0, 0.05) is 0 Å². The molecule has 156 valence electrons. The summed E-state index contributed by atoms with van der Waals surface area (Å²) in [4.78, 5) is 9.56. The summed E-state index contributed by atoms with van der Waals surface area (Å²) in [6.07, 6.45) is -8.32. The number of aliphatic hydroxyl groups is 5. The van der Waals surface area contributed by atoms with E-state index in [0.29, 0.717) is 0 Å². The summed E-state index contributed by atoms with van der Waals surface area (Å²) in [7, 11) is -4.23. The van der Waals surface area contributed by atoms with Crippen molar-refractivity contribution in [1.29, 1.82) is 0 Å². The van der Waals surface area contributed by atoms with E-state index in [-0.39, 0.29) is 5.21 Å². The maximum atomic E-state index is 11.9. The van der Waals surface area contributed by atoms with Gasteiger partial charge < -0.3 is 10.2 Å². The molecular formula is C13H28AsO11P. The molecule has 6 N–H and O–H groups in total. The minimum absolute atomic E-state index is 0.103. The molecule has 1 unspecified atom stereocenters. The second-order valence-electron chi connectivity index (χ2n) is 6.72. The molecule has 0 aliphatic carbocycles. The molecule has 26 heavy (non-hydrogen) atoms. The summed E-state index contributed by atoms with van der Waals surface area (Å²) in [6, 6.07) is 0. The Morgan fingerprint density at radius 2 is 1.77 bits per heavy atom. The van der Waals surface area contributed by atoms with Crippen LogP contribution in [0.1, 0.15) is 0 Å². The van der Waals surface area contributed by atoms with Crippen LogP contribution in [-0.2, 0) is 22.3 Å². The fourth-order valence-electron chi connectivity index (χ4n) is 2.27. The molecule has 0 amide bonds. The van der Waals surface area contributed by atoms with Crippen LogP contribution < -0.4 is 0 Å². The zero-order chi connectivity index (χ0) is 20.1. The Labute approximate surface area is 153 Å². The molecule has 0 saturated carbocycles. The quantitative estimate of drug-likeness (QED) is 0.146. The first-order valence-electron chi connectivity index (χ1n) is 7.95. The molecule has 0 bridgehead atoms. The van der Waals surface area contributed by atoms with Crippen molar-refractivity contribution in [2.75, 3.05) is 26.0 Å². The summed E-state index contributed by atoms with van der Waals surface area (Å²) in [5.74, 6) is 0.